The molecule has 19 aliphatic rings. The molecule has 796 valence electrons. The van der Waals surface area contributed by atoms with Crippen molar-refractivity contribution in [2.24, 2.45) is 69.5 Å². The van der Waals surface area contributed by atoms with Crippen LogP contribution in [0, 0.1) is 104 Å². The quantitative estimate of drug-likeness (QED) is 0.0192. The molecule has 9 aromatic carbocycles. The predicted molar refractivity (Wildman–Crippen MR) is 551 cm³/mol. The van der Waals surface area contributed by atoms with E-state index in [2.05, 4.69) is 79.6 Å². The highest BCUT2D eigenvalue weighted by Gasteiger charge is 2.65. The van der Waals surface area contributed by atoms with Gasteiger partial charge in [-0.2, -0.15) is 0 Å². The molecule has 12 N–H and O–H groups in total. The van der Waals surface area contributed by atoms with Crippen LogP contribution >= 0.6 is 0 Å². The zero-order valence-corrected chi connectivity index (χ0v) is 85.9. The van der Waals surface area contributed by atoms with Crippen LogP contribution in [-0.4, -0.2) is 147 Å². The van der Waals surface area contributed by atoms with Gasteiger partial charge in [-0.05, 0) is 372 Å². The van der Waals surface area contributed by atoms with E-state index in [-0.39, 0.29) is 68.5 Å². The van der Waals surface area contributed by atoms with Crippen molar-refractivity contribution in [2.75, 3.05) is 45.8 Å². The van der Waals surface area contributed by atoms with E-state index in [9.17, 15) is 55.1 Å². The summed E-state index contributed by atoms with van der Waals surface area (Å²) in [5, 5.41) is 52.6. The third-order valence-electron chi connectivity index (χ3n) is 37.4. The summed E-state index contributed by atoms with van der Waals surface area (Å²) in [5.41, 5.74) is 25.2. The van der Waals surface area contributed by atoms with Crippen molar-refractivity contribution >= 4 is 35.4 Å². The van der Waals surface area contributed by atoms with Crippen LogP contribution in [0.3, 0.4) is 0 Å². The van der Waals surface area contributed by atoms with Crippen molar-refractivity contribution in [3.8, 4) is 0 Å². The molecular weight excluding hydrogens is 1920 g/mol. The highest BCUT2D eigenvalue weighted by atomic mass is 19.1. The first kappa shape index (κ1) is 106. The maximum atomic E-state index is 15.0. The minimum atomic E-state index is -0.687. The molecule has 150 heavy (non-hydrogen) atoms. The Balaban J connectivity index is 0.000000109. The number of nitrogens with one attached hydrogen (secondary N) is 6. The summed E-state index contributed by atoms with van der Waals surface area (Å²) in [4.78, 5) is 83.6. The topological polar surface area (TPSA) is 315 Å². The molecule has 28 rings (SSSR count). The molecule has 0 unspecified atom stereocenters. The van der Waals surface area contributed by atoms with Crippen LogP contribution in [0.2, 0.25) is 0 Å². The van der Waals surface area contributed by atoms with Gasteiger partial charge in [0.15, 0.2) is 0 Å². The van der Waals surface area contributed by atoms with Gasteiger partial charge >= 0.3 is 0 Å². The average molecular weight is 2060 g/mol. The molecule has 13 saturated carbocycles. The molecule has 6 aliphatic heterocycles. The molecule has 0 radical (unpaired) electrons. The van der Waals surface area contributed by atoms with E-state index in [4.69, 9.17) is 31.2 Å². The first-order valence-corrected chi connectivity index (χ1v) is 54.6. The molecule has 13 fully saturated rings. The van der Waals surface area contributed by atoms with E-state index in [0.717, 1.165) is 181 Å². The Morgan fingerprint density at radius 1 is 0.313 bits per heavy atom. The molecule has 0 saturated heterocycles. The minimum absolute atomic E-state index is 0.148. The maximum absolute atomic E-state index is 15.0. The second-order valence-corrected chi connectivity index (χ2v) is 47.0. The lowest BCUT2D eigenvalue weighted by molar-refractivity contribution is -0.183. The summed E-state index contributed by atoms with van der Waals surface area (Å²) >= 11 is 0. The standard InChI is InChI=1S/C24H31FN2O2.C21H27FN2O2.C20H25FN2O2.2C19H21FN2O2.C17H17FN2O2/c25-21-10-19(22(28)26-29)9-18-2-5-27(14-20(18)21)24(3-1-4-24)23-11-15-6-16(12-23)8-17(7-15)13-23;22-19-7-17(20(25)23-26)6-16-1-2-24(11-18(16)19)12-21-8-13-3-14(9-21)5-15(4-13)10-21;21-18-5-15(19(24)22-25)4-16-9-23(10-17(16)18)11-20-6-12-1-13(7-20)3-14(2-12)8-20;2*1-2-18(13-6-4-3-5-7-13)22-9-8-14-10-15(19(23)21-24)11-17(20)16(14)12-22;18-16-9-14(17(21)19-22)8-13-6-7-20(11-15(13)16)10-12-4-2-1-3-5-12/h9-10,15-17,29H,1-8,11-14H2,(H,26,28);6-7,13-15,26H,1-5,8-12H2,(H,23,25);4-5,12-14,25H,1-3,6-11H2,(H,22,24);2*3-7,10-11,18,24H,2,8-9,12H2,1H3,(H,21,23);1-5,8-9,22H,6-7,10-11H2,(H,19,21)/t;;;2*18-;/m...10./s1. The number of hydrogen-bond donors (Lipinski definition) is 12. The van der Waals surface area contributed by atoms with E-state index >= 15 is 0 Å². The Hall–Kier alpha value is -11.1. The second-order valence-electron chi connectivity index (χ2n) is 47.0. The first-order chi connectivity index (χ1) is 72.5. The fourth-order valence-electron chi connectivity index (χ4n) is 32.1. The lowest BCUT2D eigenvalue weighted by Gasteiger charge is -2.69. The van der Waals surface area contributed by atoms with Gasteiger partial charge in [-0.1, -0.05) is 105 Å². The molecule has 13 aliphatic carbocycles. The SMILES string of the molecule is CC[C@@H](c1ccccc1)N1CCc2cc(C(=O)NO)cc(F)c2C1.CC[C@H](c1ccccc1)N1CCc2cc(C(=O)NO)cc(F)c2C1.O=C(NO)c1cc(F)c2c(c1)CCN(C1(C34CC5CC(CC(C5)C3)C4)CCC1)C2.O=C(NO)c1cc(F)c2c(c1)CCN(CC13CC4CC(CC(C4)C1)C3)C2.O=C(NO)c1cc(F)c2c(c1)CCN(Cc1ccccc1)C2.O=C(NO)c1cc(F)c2c(c1)CN(CC13CC4CC(CC(C4)C1)C3)C2. The van der Waals surface area contributed by atoms with Crippen molar-refractivity contribution in [2.45, 2.75) is 264 Å². The zero-order valence-electron chi connectivity index (χ0n) is 85.9. The number of rotatable bonds is 20. The first-order valence-electron chi connectivity index (χ1n) is 54.6. The Kier molecular flexibility index (Phi) is 32.0. The van der Waals surface area contributed by atoms with Crippen LogP contribution in [-0.2, 0) is 84.5 Å². The predicted octanol–water partition coefficient (Wildman–Crippen LogP) is 20.8. The molecular formula is C120H142F6N12O12. The smallest absolute Gasteiger partial charge is 0.274 e. The molecule has 30 heteroatoms. The lowest BCUT2D eigenvalue weighted by Crippen LogP contribution is -2.69. The molecule has 6 amide bonds. The third-order valence-corrected chi connectivity index (χ3v) is 37.4. The van der Waals surface area contributed by atoms with E-state index in [1.54, 1.807) is 69.3 Å². The van der Waals surface area contributed by atoms with Gasteiger partial charge in [0.05, 0.1) is 0 Å². The van der Waals surface area contributed by atoms with Crippen molar-refractivity contribution in [3.63, 3.8) is 0 Å². The van der Waals surface area contributed by atoms with Gasteiger partial charge < -0.3 is 0 Å². The van der Waals surface area contributed by atoms with Gasteiger partial charge in [-0.3, -0.25) is 89.4 Å². The van der Waals surface area contributed by atoms with Crippen LogP contribution < -0.4 is 32.9 Å². The fourth-order valence-corrected chi connectivity index (χ4v) is 32.1. The van der Waals surface area contributed by atoms with Crippen molar-refractivity contribution in [1.29, 1.82) is 0 Å². The minimum Gasteiger partial charge on any atom is -0.298 e. The van der Waals surface area contributed by atoms with Gasteiger partial charge in [0.25, 0.3) is 35.4 Å². The monoisotopic (exact) mass is 2060 g/mol. The van der Waals surface area contributed by atoms with E-state index in [1.807, 2.05) is 54.6 Å². The van der Waals surface area contributed by atoms with Crippen LogP contribution in [0.5, 0.6) is 0 Å². The number of hydroxylamine groups is 6. The van der Waals surface area contributed by atoms with Gasteiger partial charge in [-0.15, -0.1) is 0 Å². The Labute approximate surface area is 873 Å². The summed E-state index contributed by atoms with van der Waals surface area (Å²) in [5.74, 6) is 2.27. The van der Waals surface area contributed by atoms with Gasteiger partial charge in [0.2, 0.25) is 0 Å². The number of hydrogen-bond acceptors (Lipinski definition) is 18. The van der Waals surface area contributed by atoms with Gasteiger partial charge in [0.1, 0.15) is 34.9 Å². The Morgan fingerprint density at radius 3 is 0.913 bits per heavy atom. The average Bonchev–Trinajstić information content (AvgIpc) is 0.721. The molecule has 0 aromatic heterocycles. The largest absolute Gasteiger partial charge is 0.298 e. The van der Waals surface area contributed by atoms with E-state index in [1.165, 1.54) is 188 Å². The van der Waals surface area contributed by atoms with Crippen LogP contribution in [0.15, 0.2) is 164 Å². The maximum Gasteiger partial charge on any atom is 0.274 e. The van der Waals surface area contributed by atoms with E-state index in [0.29, 0.717) is 98.0 Å². The Morgan fingerprint density at radius 2 is 0.587 bits per heavy atom. The third kappa shape index (κ3) is 22.4. The molecule has 24 nitrogen and oxygen atoms in total. The van der Waals surface area contributed by atoms with E-state index < -0.39 is 52.9 Å². The number of carbonyl (C=O) groups excluding carboxylic acids is 6. The molecule has 12 bridgehead atoms. The highest BCUT2D eigenvalue weighted by Crippen LogP contribution is 2.70. The lowest BCUT2D eigenvalue weighted by atomic mass is 9.41. The number of amides is 6. The summed E-state index contributed by atoms with van der Waals surface area (Å²) in [6, 6.07) is 48.6. The van der Waals surface area contributed by atoms with Crippen molar-refractivity contribution < 1.29 is 86.4 Å². The van der Waals surface area contributed by atoms with Crippen molar-refractivity contribution in [3.05, 3.63) is 316 Å². The Bertz CT molecular complexity index is 6240. The summed E-state index contributed by atoms with van der Waals surface area (Å²) in [6.07, 6.45) is 34.8. The summed E-state index contributed by atoms with van der Waals surface area (Å²) in [7, 11) is 0. The number of nitrogens with zero attached hydrogens (tertiary/aromatic N) is 6. The number of fused-ring (bicyclic) bond motifs is 6. The highest BCUT2D eigenvalue weighted by molar-refractivity contribution is 5.96. The molecule has 6 heterocycles. The molecule has 0 spiro atoms. The number of carbonyl (C=O) groups is 6. The summed E-state index contributed by atoms with van der Waals surface area (Å²) in [6.45, 7) is 15.8. The normalized spacial score (nSPS) is 26.4. The number of benzene rings is 9. The number of halogens is 6. The van der Waals surface area contributed by atoms with Gasteiger partial charge in [-0.25, -0.2) is 59.2 Å². The summed E-state index contributed by atoms with van der Waals surface area (Å²) < 4.78 is 87.2. The van der Waals surface area contributed by atoms with Gasteiger partial charge in [0, 0.05) is 183 Å². The second kappa shape index (κ2) is 45.3. The molecule has 9 aromatic rings. The molecule has 2 atom stereocenters. The van der Waals surface area contributed by atoms with Crippen molar-refractivity contribution in [1.82, 2.24) is 62.3 Å². The van der Waals surface area contributed by atoms with Crippen LogP contribution in [0.4, 0.5) is 26.3 Å². The van der Waals surface area contributed by atoms with Crippen LogP contribution in [0.1, 0.15) is 319 Å². The fraction of sp³-hybridized carbons (Fsp3) is 0.500. The zero-order chi connectivity index (χ0) is 105. The van der Waals surface area contributed by atoms with Crippen LogP contribution in [0.25, 0.3) is 0 Å².